The Balaban J connectivity index is 2.83. The van der Waals surface area contributed by atoms with Gasteiger partial charge < -0.3 is 11.1 Å². The van der Waals surface area contributed by atoms with E-state index in [4.69, 9.17) is 5.73 Å². The molecule has 1 aromatic rings. The maximum Gasteiger partial charge on any atom is 0.252 e. The number of hydrogen-bond acceptors (Lipinski definition) is 2. The number of rotatable bonds is 4. The van der Waals surface area contributed by atoms with Crippen LogP contribution >= 0.6 is 31.9 Å². The van der Waals surface area contributed by atoms with Gasteiger partial charge in [-0.25, -0.2) is 0 Å². The highest BCUT2D eigenvalue weighted by atomic mass is 79.9. The summed E-state index contributed by atoms with van der Waals surface area (Å²) in [6, 6.07) is 5.52. The molecule has 0 spiro atoms. The predicted octanol–water partition coefficient (Wildman–Crippen LogP) is 2.68. The Labute approximate surface area is 112 Å². The minimum atomic E-state index is -0.106. The van der Waals surface area contributed by atoms with Crippen molar-refractivity contribution >= 4 is 37.8 Å². The Morgan fingerprint density at radius 1 is 1.50 bits per heavy atom. The van der Waals surface area contributed by atoms with Crippen LogP contribution in [0.25, 0.3) is 0 Å². The molecule has 0 saturated carbocycles. The van der Waals surface area contributed by atoms with Gasteiger partial charge >= 0.3 is 0 Å². The number of nitrogens with two attached hydrogens (primary N) is 1. The first-order valence-electron chi connectivity index (χ1n) is 5.04. The van der Waals surface area contributed by atoms with E-state index in [0.717, 1.165) is 15.4 Å². The normalized spacial score (nSPS) is 12.2. The Morgan fingerprint density at radius 2 is 2.19 bits per heavy atom. The van der Waals surface area contributed by atoms with Gasteiger partial charge in [-0.2, -0.15) is 0 Å². The lowest BCUT2D eigenvalue weighted by molar-refractivity contribution is 0.0936. The maximum absolute atomic E-state index is 11.9. The minimum Gasteiger partial charge on any atom is -0.348 e. The molecule has 1 rings (SSSR count). The molecular weight excluding hydrogens is 336 g/mol. The van der Waals surface area contributed by atoms with Gasteiger partial charge in [0.2, 0.25) is 0 Å². The molecule has 3 nitrogen and oxygen atoms in total. The van der Waals surface area contributed by atoms with Crippen molar-refractivity contribution in [1.29, 1.82) is 0 Å². The zero-order valence-corrected chi connectivity index (χ0v) is 12.1. The topological polar surface area (TPSA) is 55.1 Å². The molecule has 0 fully saturated rings. The second-order valence-electron chi connectivity index (χ2n) is 3.44. The SMILES string of the molecule is CCC(CN)NC(=O)c1cc(Br)ccc1Br. The summed E-state index contributed by atoms with van der Waals surface area (Å²) in [5, 5.41) is 2.89. The van der Waals surface area contributed by atoms with Crippen LogP contribution in [0.2, 0.25) is 0 Å². The van der Waals surface area contributed by atoms with Gasteiger partial charge in [-0.3, -0.25) is 4.79 Å². The van der Waals surface area contributed by atoms with Gasteiger partial charge in [-0.1, -0.05) is 22.9 Å². The molecule has 1 amide bonds. The van der Waals surface area contributed by atoms with Crippen LogP contribution in [0.4, 0.5) is 0 Å². The fraction of sp³-hybridized carbons (Fsp3) is 0.364. The summed E-state index contributed by atoms with van der Waals surface area (Å²) in [6.45, 7) is 2.45. The van der Waals surface area contributed by atoms with Gasteiger partial charge in [0.05, 0.1) is 5.56 Å². The highest BCUT2D eigenvalue weighted by molar-refractivity contribution is 9.11. The molecule has 0 aliphatic carbocycles. The zero-order valence-electron chi connectivity index (χ0n) is 8.97. The molecule has 16 heavy (non-hydrogen) atoms. The molecule has 5 heteroatoms. The third-order valence-electron chi connectivity index (χ3n) is 2.29. The van der Waals surface area contributed by atoms with E-state index in [1.165, 1.54) is 0 Å². The van der Waals surface area contributed by atoms with Crippen molar-refractivity contribution in [2.45, 2.75) is 19.4 Å². The van der Waals surface area contributed by atoms with Crippen LogP contribution in [0.3, 0.4) is 0 Å². The van der Waals surface area contributed by atoms with E-state index in [2.05, 4.69) is 37.2 Å². The Kier molecular flexibility index (Phi) is 5.44. The number of hydrogen-bond donors (Lipinski definition) is 2. The van der Waals surface area contributed by atoms with Crippen molar-refractivity contribution in [3.8, 4) is 0 Å². The van der Waals surface area contributed by atoms with E-state index in [1.54, 1.807) is 6.07 Å². The van der Waals surface area contributed by atoms with E-state index in [9.17, 15) is 4.79 Å². The summed E-state index contributed by atoms with van der Waals surface area (Å²) in [4.78, 5) is 11.9. The Hall–Kier alpha value is -0.390. The van der Waals surface area contributed by atoms with Crippen LogP contribution in [-0.4, -0.2) is 18.5 Å². The van der Waals surface area contributed by atoms with Gasteiger partial charge in [-0.05, 0) is 40.5 Å². The second-order valence-corrected chi connectivity index (χ2v) is 5.21. The summed E-state index contributed by atoms with van der Waals surface area (Å²) in [5.74, 6) is -0.106. The van der Waals surface area contributed by atoms with Crippen molar-refractivity contribution < 1.29 is 4.79 Å². The van der Waals surface area contributed by atoms with Gasteiger partial charge in [0.25, 0.3) is 5.91 Å². The quantitative estimate of drug-likeness (QED) is 0.878. The molecular formula is C11H14Br2N2O. The van der Waals surface area contributed by atoms with E-state index >= 15 is 0 Å². The number of nitrogens with one attached hydrogen (secondary N) is 1. The molecule has 0 aliphatic heterocycles. The first kappa shape index (κ1) is 13.7. The summed E-state index contributed by atoms with van der Waals surface area (Å²) in [5.41, 5.74) is 6.15. The molecule has 1 aromatic carbocycles. The standard InChI is InChI=1S/C11H14Br2N2O/c1-2-8(6-14)15-11(16)9-5-7(12)3-4-10(9)13/h3-5,8H,2,6,14H2,1H3,(H,15,16). The zero-order chi connectivity index (χ0) is 12.1. The van der Waals surface area contributed by atoms with Crippen LogP contribution in [0.5, 0.6) is 0 Å². The monoisotopic (exact) mass is 348 g/mol. The van der Waals surface area contributed by atoms with Crippen LogP contribution in [0, 0.1) is 0 Å². The number of halogens is 2. The maximum atomic E-state index is 11.9. The Morgan fingerprint density at radius 3 is 2.75 bits per heavy atom. The summed E-state index contributed by atoms with van der Waals surface area (Å²) in [6.07, 6.45) is 0.827. The highest BCUT2D eigenvalue weighted by Crippen LogP contribution is 2.21. The smallest absolute Gasteiger partial charge is 0.252 e. The largest absolute Gasteiger partial charge is 0.348 e. The molecule has 0 radical (unpaired) electrons. The number of amides is 1. The number of benzene rings is 1. The summed E-state index contributed by atoms with van der Waals surface area (Å²) < 4.78 is 1.65. The van der Waals surface area contributed by atoms with Crippen LogP contribution in [0.1, 0.15) is 23.7 Å². The molecule has 1 unspecified atom stereocenters. The van der Waals surface area contributed by atoms with E-state index < -0.39 is 0 Å². The van der Waals surface area contributed by atoms with Gasteiger partial charge in [-0.15, -0.1) is 0 Å². The summed E-state index contributed by atoms with van der Waals surface area (Å²) in [7, 11) is 0. The first-order valence-corrected chi connectivity index (χ1v) is 6.63. The van der Waals surface area contributed by atoms with E-state index in [0.29, 0.717) is 12.1 Å². The lowest BCUT2D eigenvalue weighted by Gasteiger charge is -2.15. The van der Waals surface area contributed by atoms with Crippen molar-refractivity contribution in [1.82, 2.24) is 5.32 Å². The van der Waals surface area contributed by atoms with Gasteiger partial charge in [0.1, 0.15) is 0 Å². The third kappa shape index (κ3) is 3.57. The Bertz CT molecular complexity index is 378. The van der Waals surface area contributed by atoms with Crippen LogP contribution < -0.4 is 11.1 Å². The number of carbonyl (C=O) groups is 1. The molecule has 0 heterocycles. The van der Waals surface area contributed by atoms with E-state index in [1.807, 2.05) is 19.1 Å². The molecule has 3 N–H and O–H groups in total. The van der Waals surface area contributed by atoms with Crippen LogP contribution in [0.15, 0.2) is 27.1 Å². The fourth-order valence-corrected chi connectivity index (χ4v) is 2.05. The van der Waals surface area contributed by atoms with Crippen molar-refractivity contribution in [2.24, 2.45) is 5.73 Å². The van der Waals surface area contributed by atoms with Crippen LogP contribution in [-0.2, 0) is 0 Å². The highest BCUT2D eigenvalue weighted by Gasteiger charge is 2.13. The lowest BCUT2D eigenvalue weighted by atomic mass is 10.1. The van der Waals surface area contributed by atoms with E-state index in [-0.39, 0.29) is 11.9 Å². The average Bonchev–Trinajstić information content (AvgIpc) is 2.28. The molecule has 0 bridgehead atoms. The molecule has 0 aliphatic rings. The summed E-state index contributed by atoms with van der Waals surface area (Å²) >= 11 is 6.69. The fourth-order valence-electron chi connectivity index (χ4n) is 1.26. The minimum absolute atomic E-state index is 0.0263. The van der Waals surface area contributed by atoms with Crippen molar-refractivity contribution in [2.75, 3.05) is 6.54 Å². The first-order chi connectivity index (χ1) is 7.58. The molecule has 88 valence electrons. The van der Waals surface area contributed by atoms with Crippen molar-refractivity contribution in [3.63, 3.8) is 0 Å². The molecule has 0 aromatic heterocycles. The van der Waals surface area contributed by atoms with Gasteiger partial charge in [0.15, 0.2) is 0 Å². The molecule has 1 atom stereocenters. The lowest BCUT2D eigenvalue weighted by Crippen LogP contribution is -2.39. The second kappa shape index (κ2) is 6.37. The molecule has 0 saturated heterocycles. The van der Waals surface area contributed by atoms with Gasteiger partial charge in [0, 0.05) is 21.5 Å². The van der Waals surface area contributed by atoms with Crippen molar-refractivity contribution in [3.05, 3.63) is 32.7 Å². The number of carbonyl (C=O) groups excluding carboxylic acids is 1. The third-order valence-corrected chi connectivity index (χ3v) is 3.47. The average molecular weight is 350 g/mol. The predicted molar refractivity (Wildman–Crippen MR) is 72.4 cm³/mol.